The van der Waals surface area contributed by atoms with E-state index in [4.69, 9.17) is 4.52 Å². The SMILES string of the molecule is Cc1cc(NC(=O)C2c3c(O)cccc3S(=O)(=O)N2C)no1. The fourth-order valence-electron chi connectivity index (χ4n) is 2.42. The molecule has 0 spiro atoms. The van der Waals surface area contributed by atoms with Gasteiger partial charge in [0, 0.05) is 18.7 Å². The van der Waals surface area contributed by atoms with E-state index in [1.54, 1.807) is 6.92 Å². The summed E-state index contributed by atoms with van der Waals surface area (Å²) < 4.78 is 30.4. The van der Waals surface area contributed by atoms with Gasteiger partial charge in [-0.3, -0.25) is 4.79 Å². The molecule has 2 N–H and O–H groups in total. The molecular formula is C13H13N3O5S. The van der Waals surface area contributed by atoms with Crippen molar-refractivity contribution in [1.29, 1.82) is 0 Å². The molecule has 116 valence electrons. The molecule has 0 fully saturated rings. The Labute approximate surface area is 126 Å². The fourth-order valence-corrected chi connectivity index (χ4v) is 3.96. The van der Waals surface area contributed by atoms with E-state index in [-0.39, 0.29) is 22.0 Å². The summed E-state index contributed by atoms with van der Waals surface area (Å²) in [5.74, 6) is -0.190. The molecule has 8 nitrogen and oxygen atoms in total. The molecule has 1 atom stereocenters. The van der Waals surface area contributed by atoms with Crippen LogP contribution in [0.2, 0.25) is 0 Å². The van der Waals surface area contributed by atoms with Crippen LogP contribution < -0.4 is 5.32 Å². The third kappa shape index (κ3) is 2.06. The van der Waals surface area contributed by atoms with Crippen molar-refractivity contribution in [3.8, 4) is 5.75 Å². The number of anilines is 1. The number of fused-ring (bicyclic) bond motifs is 1. The van der Waals surface area contributed by atoms with Crippen LogP contribution in [0.5, 0.6) is 5.75 Å². The highest BCUT2D eigenvalue weighted by molar-refractivity contribution is 7.89. The number of phenolic OH excluding ortho intramolecular Hbond substituents is 1. The number of aryl methyl sites for hydroxylation is 1. The van der Waals surface area contributed by atoms with Gasteiger partial charge in [-0.25, -0.2) is 8.42 Å². The lowest BCUT2D eigenvalue weighted by molar-refractivity contribution is -0.119. The first-order valence-electron chi connectivity index (χ1n) is 6.36. The highest BCUT2D eigenvalue weighted by Crippen LogP contribution is 2.43. The topological polar surface area (TPSA) is 113 Å². The number of aromatic nitrogens is 1. The van der Waals surface area contributed by atoms with Crippen molar-refractivity contribution in [1.82, 2.24) is 9.46 Å². The Kier molecular flexibility index (Phi) is 3.18. The summed E-state index contributed by atoms with van der Waals surface area (Å²) in [6.45, 7) is 1.66. The van der Waals surface area contributed by atoms with E-state index in [9.17, 15) is 18.3 Å². The normalized spacial score (nSPS) is 19.8. The first-order chi connectivity index (χ1) is 10.3. The molecule has 1 unspecified atom stereocenters. The number of phenols is 1. The molecule has 0 bridgehead atoms. The van der Waals surface area contributed by atoms with Gasteiger partial charge < -0.3 is 14.9 Å². The van der Waals surface area contributed by atoms with Crippen molar-refractivity contribution in [3.63, 3.8) is 0 Å². The van der Waals surface area contributed by atoms with Crippen molar-refractivity contribution in [2.75, 3.05) is 12.4 Å². The lowest BCUT2D eigenvalue weighted by Crippen LogP contribution is -2.32. The van der Waals surface area contributed by atoms with Crippen molar-refractivity contribution in [2.45, 2.75) is 17.9 Å². The minimum atomic E-state index is -3.82. The van der Waals surface area contributed by atoms with E-state index < -0.39 is 22.0 Å². The van der Waals surface area contributed by atoms with E-state index in [2.05, 4.69) is 10.5 Å². The summed E-state index contributed by atoms with van der Waals surface area (Å²) in [5, 5.41) is 16.1. The quantitative estimate of drug-likeness (QED) is 0.852. The predicted molar refractivity (Wildman–Crippen MR) is 75.7 cm³/mol. The summed E-state index contributed by atoms with van der Waals surface area (Å²) in [4.78, 5) is 12.3. The number of amides is 1. The number of hydrogen-bond donors (Lipinski definition) is 2. The molecule has 0 saturated heterocycles. The highest BCUT2D eigenvalue weighted by Gasteiger charge is 2.45. The average Bonchev–Trinajstić information content (AvgIpc) is 2.93. The maximum atomic E-state index is 12.4. The van der Waals surface area contributed by atoms with Gasteiger partial charge in [-0.1, -0.05) is 11.2 Å². The van der Waals surface area contributed by atoms with Gasteiger partial charge in [0.25, 0.3) is 0 Å². The average molecular weight is 323 g/mol. The molecular weight excluding hydrogens is 310 g/mol. The summed E-state index contributed by atoms with van der Waals surface area (Å²) >= 11 is 0. The largest absolute Gasteiger partial charge is 0.508 e. The molecule has 0 aliphatic carbocycles. The lowest BCUT2D eigenvalue weighted by atomic mass is 10.1. The monoisotopic (exact) mass is 323 g/mol. The Bertz CT molecular complexity index is 858. The second kappa shape index (κ2) is 4.82. The number of sulfonamides is 1. The van der Waals surface area contributed by atoms with Crippen LogP contribution in [0.15, 0.2) is 33.7 Å². The van der Waals surface area contributed by atoms with Gasteiger partial charge in [0.2, 0.25) is 15.9 Å². The van der Waals surface area contributed by atoms with E-state index >= 15 is 0 Å². The third-order valence-electron chi connectivity index (χ3n) is 3.46. The van der Waals surface area contributed by atoms with Gasteiger partial charge in [-0.2, -0.15) is 4.31 Å². The second-order valence-corrected chi connectivity index (χ2v) is 6.89. The van der Waals surface area contributed by atoms with E-state index in [1.165, 1.54) is 31.3 Å². The number of benzene rings is 1. The minimum absolute atomic E-state index is 0.0581. The Morgan fingerprint density at radius 1 is 1.45 bits per heavy atom. The summed E-state index contributed by atoms with van der Waals surface area (Å²) in [6.07, 6.45) is 0. The Morgan fingerprint density at radius 2 is 2.18 bits per heavy atom. The summed E-state index contributed by atoms with van der Waals surface area (Å²) in [5.41, 5.74) is 0.0581. The van der Waals surface area contributed by atoms with Crippen LogP contribution in [-0.4, -0.2) is 35.9 Å². The molecule has 2 heterocycles. The van der Waals surface area contributed by atoms with Gasteiger partial charge in [-0.05, 0) is 19.1 Å². The molecule has 1 aliphatic rings. The highest BCUT2D eigenvalue weighted by atomic mass is 32.2. The van der Waals surface area contributed by atoms with E-state index in [0.29, 0.717) is 5.76 Å². The van der Waals surface area contributed by atoms with Crippen molar-refractivity contribution < 1.29 is 22.8 Å². The van der Waals surface area contributed by atoms with Crippen molar-refractivity contribution in [2.24, 2.45) is 0 Å². The lowest BCUT2D eigenvalue weighted by Gasteiger charge is -2.17. The number of likely N-dealkylation sites (N-methyl/N-ethyl adjacent to an activating group) is 1. The van der Waals surface area contributed by atoms with Crippen LogP contribution >= 0.6 is 0 Å². The maximum absolute atomic E-state index is 12.4. The van der Waals surface area contributed by atoms with Crippen LogP contribution in [0.4, 0.5) is 5.82 Å². The number of nitrogens with one attached hydrogen (secondary N) is 1. The first kappa shape index (κ1) is 14.5. The second-order valence-electron chi connectivity index (χ2n) is 4.92. The third-order valence-corrected chi connectivity index (χ3v) is 5.35. The van der Waals surface area contributed by atoms with Gasteiger partial charge in [0.05, 0.1) is 4.90 Å². The number of hydrogen-bond acceptors (Lipinski definition) is 6. The predicted octanol–water partition coefficient (Wildman–Crippen LogP) is 1.00. The zero-order chi connectivity index (χ0) is 16.1. The molecule has 1 aromatic heterocycles. The van der Waals surface area contributed by atoms with Gasteiger partial charge in [0.15, 0.2) is 5.82 Å². The number of carbonyl (C=O) groups excluding carboxylic acids is 1. The molecule has 9 heteroatoms. The van der Waals surface area contributed by atoms with Gasteiger partial charge in [0.1, 0.15) is 17.6 Å². The number of carbonyl (C=O) groups is 1. The molecule has 1 aromatic carbocycles. The van der Waals surface area contributed by atoms with Crippen LogP contribution in [0.3, 0.4) is 0 Å². The van der Waals surface area contributed by atoms with Crippen LogP contribution in [0, 0.1) is 6.92 Å². The molecule has 0 saturated carbocycles. The standard InChI is InChI=1S/C13H13N3O5S/c1-7-6-10(15-21-7)14-13(18)12-11-8(17)4-3-5-9(11)22(19,20)16(12)2/h3-6,12,17H,1-2H3,(H,14,15,18). The Balaban J connectivity index is 2.03. The maximum Gasteiger partial charge on any atom is 0.248 e. The summed E-state index contributed by atoms with van der Waals surface area (Å²) in [7, 11) is -2.53. The molecule has 1 aliphatic heterocycles. The number of nitrogens with zero attached hydrogens (tertiary/aromatic N) is 2. The zero-order valence-corrected chi connectivity index (χ0v) is 12.6. The van der Waals surface area contributed by atoms with Crippen molar-refractivity contribution in [3.05, 3.63) is 35.6 Å². The van der Waals surface area contributed by atoms with Gasteiger partial charge >= 0.3 is 0 Å². The molecule has 0 radical (unpaired) electrons. The van der Waals surface area contributed by atoms with E-state index in [1.807, 2.05) is 0 Å². The van der Waals surface area contributed by atoms with Crippen LogP contribution in [0.1, 0.15) is 17.4 Å². The zero-order valence-electron chi connectivity index (χ0n) is 11.8. The molecule has 2 aromatic rings. The number of aromatic hydroxyl groups is 1. The Hall–Kier alpha value is -2.39. The molecule has 3 rings (SSSR count). The smallest absolute Gasteiger partial charge is 0.248 e. The Morgan fingerprint density at radius 3 is 2.82 bits per heavy atom. The minimum Gasteiger partial charge on any atom is -0.508 e. The molecule has 22 heavy (non-hydrogen) atoms. The van der Waals surface area contributed by atoms with Crippen LogP contribution in [-0.2, 0) is 14.8 Å². The molecule has 1 amide bonds. The van der Waals surface area contributed by atoms with E-state index in [0.717, 1.165) is 4.31 Å². The fraction of sp³-hybridized carbons (Fsp3) is 0.231. The number of rotatable bonds is 2. The van der Waals surface area contributed by atoms with Crippen molar-refractivity contribution >= 4 is 21.7 Å². The summed E-state index contributed by atoms with van der Waals surface area (Å²) in [6, 6.07) is 4.45. The first-order valence-corrected chi connectivity index (χ1v) is 7.80. The van der Waals surface area contributed by atoms with Gasteiger partial charge in [-0.15, -0.1) is 0 Å². The van der Waals surface area contributed by atoms with Crippen LogP contribution in [0.25, 0.3) is 0 Å².